The van der Waals surface area contributed by atoms with Crippen molar-refractivity contribution in [2.24, 2.45) is 23.7 Å². The Bertz CT molecular complexity index is 1230. The smallest absolute Gasteiger partial charge is 0.246 e. The van der Waals surface area contributed by atoms with Gasteiger partial charge in [0, 0.05) is 34.9 Å². The SMILES string of the molecule is CC1CCCC(NC(=O)C2N(CCN3CCCCCC3)C(=O)[C@@H]3[C@@H](C(=O)Nc4cc(Cl)cc(Cl)c4)[C@H]4C=C[C@@]23O4)C1C. The number of benzene rings is 1. The predicted octanol–water partition coefficient (Wildman–Crippen LogP) is 4.90. The summed E-state index contributed by atoms with van der Waals surface area (Å²) in [4.78, 5) is 46.4. The highest BCUT2D eigenvalue weighted by atomic mass is 35.5. The third-order valence-corrected chi connectivity index (χ3v) is 10.9. The lowest BCUT2D eigenvalue weighted by atomic mass is 9.73. The molecule has 1 spiro atoms. The average Bonchev–Trinajstić information content (AvgIpc) is 3.48. The molecule has 228 valence electrons. The van der Waals surface area contributed by atoms with Gasteiger partial charge in [0.1, 0.15) is 11.6 Å². The molecule has 1 saturated carbocycles. The largest absolute Gasteiger partial charge is 0.359 e. The van der Waals surface area contributed by atoms with Gasteiger partial charge in [0.2, 0.25) is 17.7 Å². The average molecular weight is 618 g/mol. The molecule has 4 unspecified atom stereocenters. The van der Waals surface area contributed by atoms with E-state index in [1.807, 2.05) is 12.2 Å². The van der Waals surface area contributed by atoms with Crippen LogP contribution in [0.2, 0.25) is 10.0 Å². The first-order valence-electron chi connectivity index (χ1n) is 15.7. The Morgan fingerprint density at radius 1 is 0.976 bits per heavy atom. The molecule has 0 aromatic heterocycles. The molecule has 4 aliphatic heterocycles. The van der Waals surface area contributed by atoms with E-state index in [0.717, 1.165) is 45.2 Å². The standard InChI is InChI=1S/C32H42Cl2N4O4/c1-19-8-7-9-24(20(19)2)36-30(40)28-32-11-10-25(42-32)26(29(39)35-23-17-21(33)16-22(34)18-23)27(32)31(41)38(28)15-14-37-12-5-3-4-6-13-37/h10-11,16-20,24-28H,3-9,12-15H2,1-2H3,(H,35,39)(H,36,40)/t19?,20?,24?,25-,26+,27+,28?,32+/m1/s1. The maximum Gasteiger partial charge on any atom is 0.246 e. The maximum absolute atomic E-state index is 14.3. The Labute approximate surface area is 258 Å². The monoisotopic (exact) mass is 616 g/mol. The fourth-order valence-corrected chi connectivity index (χ4v) is 8.54. The number of nitrogens with zero attached hydrogens (tertiary/aromatic N) is 2. The lowest BCUT2D eigenvalue weighted by Crippen LogP contribution is -2.58. The summed E-state index contributed by atoms with van der Waals surface area (Å²) in [6.45, 7) is 7.55. The van der Waals surface area contributed by atoms with Crippen LogP contribution in [0.5, 0.6) is 0 Å². The summed E-state index contributed by atoms with van der Waals surface area (Å²) >= 11 is 12.3. The molecule has 0 radical (unpaired) electrons. The number of halogens is 2. The highest BCUT2D eigenvalue weighted by Crippen LogP contribution is 2.55. The summed E-state index contributed by atoms with van der Waals surface area (Å²) in [6, 6.07) is 4.06. The van der Waals surface area contributed by atoms with Crippen molar-refractivity contribution in [3.05, 3.63) is 40.4 Å². The molecule has 3 saturated heterocycles. The first-order valence-corrected chi connectivity index (χ1v) is 16.4. The van der Waals surface area contributed by atoms with Crippen LogP contribution < -0.4 is 10.6 Å². The van der Waals surface area contributed by atoms with Gasteiger partial charge in [-0.1, -0.05) is 74.9 Å². The molecule has 1 aromatic rings. The Morgan fingerprint density at radius 3 is 2.40 bits per heavy atom. The second kappa shape index (κ2) is 12.1. The van der Waals surface area contributed by atoms with Crippen molar-refractivity contribution in [2.45, 2.75) is 82.6 Å². The minimum absolute atomic E-state index is 0.0496. The minimum atomic E-state index is -1.18. The molecule has 10 heteroatoms. The highest BCUT2D eigenvalue weighted by molar-refractivity contribution is 6.35. The summed E-state index contributed by atoms with van der Waals surface area (Å²) in [5.74, 6) is -1.40. The van der Waals surface area contributed by atoms with E-state index in [0.29, 0.717) is 40.7 Å². The number of anilines is 1. The van der Waals surface area contributed by atoms with E-state index in [-0.39, 0.29) is 23.8 Å². The van der Waals surface area contributed by atoms with Crippen molar-refractivity contribution < 1.29 is 19.1 Å². The van der Waals surface area contributed by atoms with Crippen LogP contribution in [0, 0.1) is 23.7 Å². The number of hydrogen-bond donors (Lipinski definition) is 2. The van der Waals surface area contributed by atoms with Crippen molar-refractivity contribution in [3.63, 3.8) is 0 Å². The number of fused-ring (bicyclic) bond motifs is 1. The number of carbonyl (C=O) groups is 3. The number of nitrogens with one attached hydrogen (secondary N) is 2. The van der Waals surface area contributed by atoms with Crippen molar-refractivity contribution in [1.29, 1.82) is 0 Å². The fourth-order valence-electron chi connectivity index (χ4n) is 8.02. The van der Waals surface area contributed by atoms with Gasteiger partial charge in [0.15, 0.2) is 0 Å². The third-order valence-electron chi connectivity index (χ3n) is 10.4. The molecule has 2 N–H and O–H groups in total. The molecule has 1 aromatic carbocycles. The lowest BCUT2D eigenvalue weighted by Gasteiger charge is -2.38. The second-order valence-electron chi connectivity index (χ2n) is 13.0. The second-order valence-corrected chi connectivity index (χ2v) is 13.9. The van der Waals surface area contributed by atoms with Crippen molar-refractivity contribution in [3.8, 4) is 0 Å². The Morgan fingerprint density at radius 2 is 1.69 bits per heavy atom. The molecule has 2 bridgehead atoms. The Hall–Kier alpha value is -2.13. The van der Waals surface area contributed by atoms with Gasteiger partial charge >= 0.3 is 0 Å². The zero-order valence-electron chi connectivity index (χ0n) is 24.5. The van der Waals surface area contributed by atoms with Gasteiger partial charge in [0.05, 0.1) is 17.9 Å². The molecular weight excluding hydrogens is 575 g/mol. The van der Waals surface area contributed by atoms with E-state index in [1.54, 1.807) is 23.1 Å². The van der Waals surface area contributed by atoms with E-state index in [9.17, 15) is 14.4 Å². The fraction of sp³-hybridized carbons (Fsp3) is 0.656. The van der Waals surface area contributed by atoms with Gasteiger partial charge in [0.25, 0.3) is 0 Å². The highest BCUT2D eigenvalue weighted by Gasteiger charge is 2.72. The quantitative estimate of drug-likeness (QED) is 0.425. The van der Waals surface area contributed by atoms with Crippen molar-refractivity contribution in [2.75, 3.05) is 31.5 Å². The van der Waals surface area contributed by atoms with E-state index in [4.69, 9.17) is 27.9 Å². The lowest BCUT2D eigenvalue weighted by molar-refractivity contribution is -0.141. The third kappa shape index (κ3) is 5.49. The Balaban J connectivity index is 1.28. The summed E-state index contributed by atoms with van der Waals surface area (Å²) in [7, 11) is 0. The summed E-state index contributed by atoms with van der Waals surface area (Å²) in [6.07, 6.45) is 11.0. The first kappa shape index (κ1) is 29.9. The van der Waals surface area contributed by atoms with E-state index in [1.165, 1.54) is 12.8 Å². The molecule has 8 nitrogen and oxygen atoms in total. The van der Waals surface area contributed by atoms with Crippen LogP contribution in [0.4, 0.5) is 5.69 Å². The normalized spacial score (nSPS) is 36.1. The van der Waals surface area contributed by atoms with Gasteiger partial charge in [-0.25, -0.2) is 0 Å². The first-order chi connectivity index (χ1) is 20.2. The van der Waals surface area contributed by atoms with Gasteiger partial charge in [-0.3, -0.25) is 14.4 Å². The van der Waals surface area contributed by atoms with Gasteiger partial charge in [-0.2, -0.15) is 0 Å². The molecule has 8 atom stereocenters. The van der Waals surface area contributed by atoms with Crippen LogP contribution in [-0.2, 0) is 19.1 Å². The van der Waals surface area contributed by atoms with Crippen LogP contribution in [0.3, 0.4) is 0 Å². The molecule has 6 rings (SSSR count). The van der Waals surface area contributed by atoms with Crippen LogP contribution in [0.25, 0.3) is 0 Å². The topological polar surface area (TPSA) is 91.0 Å². The zero-order chi connectivity index (χ0) is 29.6. The molecule has 4 heterocycles. The van der Waals surface area contributed by atoms with Crippen molar-refractivity contribution >= 4 is 46.6 Å². The van der Waals surface area contributed by atoms with Gasteiger partial charge in [-0.15, -0.1) is 0 Å². The van der Waals surface area contributed by atoms with Crippen LogP contribution in [0.1, 0.15) is 58.8 Å². The zero-order valence-corrected chi connectivity index (χ0v) is 26.0. The van der Waals surface area contributed by atoms with Crippen molar-refractivity contribution in [1.82, 2.24) is 15.1 Å². The molecule has 1 aliphatic carbocycles. The number of hydrogen-bond acceptors (Lipinski definition) is 5. The number of amides is 3. The molecule has 42 heavy (non-hydrogen) atoms. The number of carbonyl (C=O) groups excluding carboxylic acids is 3. The van der Waals surface area contributed by atoms with Gasteiger partial charge in [-0.05, 0) is 62.4 Å². The maximum atomic E-state index is 14.3. The molecule has 4 fully saturated rings. The minimum Gasteiger partial charge on any atom is -0.359 e. The summed E-state index contributed by atoms with van der Waals surface area (Å²) < 4.78 is 6.53. The van der Waals surface area contributed by atoms with E-state index < -0.39 is 29.6 Å². The van der Waals surface area contributed by atoms with E-state index >= 15 is 0 Å². The van der Waals surface area contributed by atoms with Crippen LogP contribution in [0.15, 0.2) is 30.4 Å². The number of likely N-dealkylation sites (tertiary alicyclic amines) is 2. The summed E-state index contributed by atoms with van der Waals surface area (Å²) in [5, 5.41) is 7.04. The molecule has 5 aliphatic rings. The number of ether oxygens (including phenoxy) is 1. The predicted molar refractivity (Wildman–Crippen MR) is 163 cm³/mol. The molecular formula is C32H42Cl2N4O4. The van der Waals surface area contributed by atoms with Gasteiger partial charge < -0.3 is 25.2 Å². The van der Waals surface area contributed by atoms with E-state index in [2.05, 4.69) is 29.4 Å². The summed E-state index contributed by atoms with van der Waals surface area (Å²) in [5.41, 5.74) is -0.723. The number of rotatable bonds is 7. The Kier molecular flexibility index (Phi) is 8.62. The molecule has 3 amide bonds. The van der Waals surface area contributed by atoms with Crippen LogP contribution in [-0.4, -0.2) is 77.5 Å². The van der Waals surface area contributed by atoms with Crippen LogP contribution >= 0.6 is 23.2 Å².